The molecule has 1 nitrogen and oxygen atoms in total. The molecule has 0 unspecified atom stereocenters. The molecular formula is C8H10INS. The van der Waals surface area contributed by atoms with Gasteiger partial charge in [0.05, 0.1) is 0 Å². The van der Waals surface area contributed by atoms with Crippen LogP contribution < -0.4 is 0 Å². The summed E-state index contributed by atoms with van der Waals surface area (Å²) in [5, 5.41) is 2.22. The molecule has 1 aliphatic heterocycles. The maximum absolute atomic E-state index is 2.42. The zero-order valence-corrected chi connectivity index (χ0v) is 9.19. The van der Waals surface area contributed by atoms with Gasteiger partial charge in [0.1, 0.15) is 0 Å². The van der Waals surface area contributed by atoms with Crippen LogP contribution in [0.2, 0.25) is 0 Å². The molecule has 0 atom stereocenters. The molecule has 2 heterocycles. The minimum atomic E-state index is 1.21. The molecule has 0 saturated carbocycles. The number of hydrogen-bond donors (Lipinski definition) is 0. The van der Waals surface area contributed by atoms with Crippen LogP contribution in [-0.4, -0.2) is 16.2 Å². The lowest BCUT2D eigenvalue weighted by molar-refractivity contribution is 0.534. The molecule has 1 aromatic heterocycles. The summed E-state index contributed by atoms with van der Waals surface area (Å²) in [4.78, 5) is 1.60. The van der Waals surface area contributed by atoms with Crippen LogP contribution in [0.1, 0.15) is 10.4 Å². The van der Waals surface area contributed by atoms with Crippen LogP contribution in [0.4, 0.5) is 0 Å². The lowest BCUT2D eigenvalue weighted by Crippen LogP contribution is -2.13. The van der Waals surface area contributed by atoms with Gasteiger partial charge in [-0.3, -0.25) is 0 Å². The average molecular weight is 279 g/mol. The smallest absolute Gasteiger partial charge is 0.0201 e. The third-order valence-electron chi connectivity index (χ3n) is 2.04. The molecule has 0 fully saturated rings. The standard InChI is InChI=1S/C8H10INS/c9-10-4-1-7-3-6-11-8(7)2-5-10/h3,6H,1-2,4-5H2. The first-order valence-electron chi connectivity index (χ1n) is 3.82. The Morgan fingerprint density at radius 2 is 2.18 bits per heavy atom. The SMILES string of the molecule is IN1CCc2ccsc2CC1. The van der Waals surface area contributed by atoms with E-state index in [0.29, 0.717) is 0 Å². The van der Waals surface area contributed by atoms with Crippen molar-refractivity contribution in [1.29, 1.82) is 0 Å². The van der Waals surface area contributed by atoms with E-state index in [1.165, 1.54) is 25.9 Å². The Morgan fingerprint density at radius 1 is 1.36 bits per heavy atom. The average Bonchev–Trinajstić information content (AvgIpc) is 2.38. The van der Waals surface area contributed by atoms with Gasteiger partial charge in [0, 0.05) is 40.8 Å². The summed E-state index contributed by atoms with van der Waals surface area (Å²) < 4.78 is 2.38. The van der Waals surface area contributed by atoms with Gasteiger partial charge in [-0.25, -0.2) is 3.11 Å². The van der Waals surface area contributed by atoms with E-state index in [9.17, 15) is 0 Å². The molecule has 0 amide bonds. The molecule has 0 radical (unpaired) electrons. The van der Waals surface area contributed by atoms with Crippen molar-refractivity contribution in [2.24, 2.45) is 0 Å². The third-order valence-corrected chi connectivity index (χ3v) is 4.03. The van der Waals surface area contributed by atoms with E-state index in [1.54, 1.807) is 10.4 Å². The van der Waals surface area contributed by atoms with Gasteiger partial charge in [-0.1, -0.05) is 0 Å². The van der Waals surface area contributed by atoms with Crippen molar-refractivity contribution < 1.29 is 0 Å². The summed E-state index contributed by atoms with van der Waals surface area (Å²) in [6.45, 7) is 2.43. The lowest BCUT2D eigenvalue weighted by Gasteiger charge is -2.07. The Morgan fingerprint density at radius 3 is 3.09 bits per heavy atom. The van der Waals surface area contributed by atoms with Gasteiger partial charge < -0.3 is 0 Å². The predicted molar refractivity (Wildman–Crippen MR) is 57.3 cm³/mol. The van der Waals surface area contributed by atoms with Gasteiger partial charge in [0.15, 0.2) is 0 Å². The highest BCUT2D eigenvalue weighted by atomic mass is 127. The van der Waals surface area contributed by atoms with Crippen molar-refractivity contribution in [3.05, 3.63) is 21.9 Å². The lowest BCUT2D eigenvalue weighted by atomic mass is 10.2. The number of rotatable bonds is 0. The second kappa shape index (κ2) is 3.41. The van der Waals surface area contributed by atoms with Crippen LogP contribution >= 0.6 is 34.2 Å². The van der Waals surface area contributed by atoms with Crippen LogP contribution in [0.3, 0.4) is 0 Å². The Bertz CT molecular complexity index is 223. The fourth-order valence-electron chi connectivity index (χ4n) is 1.39. The second-order valence-corrected chi connectivity index (χ2v) is 5.14. The molecule has 11 heavy (non-hydrogen) atoms. The van der Waals surface area contributed by atoms with Crippen LogP contribution in [0.25, 0.3) is 0 Å². The molecule has 1 aromatic rings. The quantitative estimate of drug-likeness (QED) is 0.521. The molecule has 0 bridgehead atoms. The number of thiophene rings is 1. The molecule has 60 valence electrons. The molecule has 3 heteroatoms. The Balaban J connectivity index is 2.20. The summed E-state index contributed by atoms with van der Waals surface area (Å²) >= 11 is 4.33. The third kappa shape index (κ3) is 1.76. The number of halogens is 1. The first-order chi connectivity index (χ1) is 5.36. The van der Waals surface area contributed by atoms with Crippen molar-refractivity contribution in [2.75, 3.05) is 13.1 Å². The Kier molecular flexibility index (Phi) is 2.48. The summed E-state index contributed by atoms with van der Waals surface area (Å²) in [6, 6.07) is 2.27. The molecular weight excluding hydrogens is 269 g/mol. The number of fused-ring (bicyclic) bond motifs is 1. The van der Waals surface area contributed by atoms with Crippen LogP contribution in [0, 0.1) is 0 Å². The van der Waals surface area contributed by atoms with Crippen molar-refractivity contribution in [2.45, 2.75) is 12.8 Å². The van der Waals surface area contributed by atoms with E-state index < -0.39 is 0 Å². The fraction of sp³-hybridized carbons (Fsp3) is 0.500. The zero-order valence-electron chi connectivity index (χ0n) is 6.22. The Labute approximate surface area is 84.9 Å². The van der Waals surface area contributed by atoms with Crippen molar-refractivity contribution in [1.82, 2.24) is 3.11 Å². The van der Waals surface area contributed by atoms with Crippen LogP contribution in [0.5, 0.6) is 0 Å². The molecule has 0 N–H and O–H groups in total. The first kappa shape index (κ1) is 8.01. The predicted octanol–water partition coefficient (Wildman–Crippen LogP) is 2.50. The van der Waals surface area contributed by atoms with Crippen molar-refractivity contribution in [3.8, 4) is 0 Å². The molecule has 0 aliphatic carbocycles. The fourth-order valence-corrected chi connectivity index (χ4v) is 2.80. The van der Waals surface area contributed by atoms with Gasteiger partial charge in [-0.2, -0.15) is 0 Å². The van der Waals surface area contributed by atoms with Gasteiger partial charge in [0.2, 0.25) is 0 Å². The second-order valence-electron chi connectivity index (χ2n) is 2.78. The minimum Gasteiger partial charge on any atom is -0.247 e. The largest absolute Gasteiger partial charge is 0.247 e. The van der Waals surface area contributed by atoms with E-state index in [0.717, 1.165) is 0 Å². The maximum Gasteiger partial charge on any atom is 0.0201 e. The first-order valence-corrected chi connectivity index (χ1v) is 5.66. The van der Waals surface area contributed by atoms with Gasteiger partial charge in [-0.15, -0.1) is 11.3 Å². The summed E-state index contributed by atoms with van der Waals surface area (Å²) in [5.74, 6) is 0. The maximum atomic E-state index is 2.42. The zero-order chi connectivity index (χ0) is 7.68. The summed E-state index contributed by atoms with van der Waals surface area (Å²) in [7, 11) is 0. The minimum absolute atomic E-state index is 1.21. The number of nitrogens with zero attached hydrogens (tertiary/aromatic N) is 1. The summed E-state index contributed by atoms with van der Waals surface area (Å²) in [6.07, 6.45) is 2.48. The topological polar surface area (TPSA) is 3.24 Å². The van der Waals surface area contributed by atoms with Crippen molar-refractivity contribution >= 4 is 34.2 Å². The molecule has 1 aliphatic rings. The van der Waals surface area contributed by atoms with Gasteiger partial charge >= 0.3 is 0 Å². The monoisotopic (exact) mass is 279 g/mol. The molecule has 0 spiro atoms. The highest BCUT2D eigenvalue weighted by Gasteiger charge is 2.11. The Hall–Kier alpha value is 0.390. The van der Waals surface area contributed by atoms with Gasteiger partial charge in [0.25, 0.3) is 0 Å². The summed E-state index contributed by atoms with van der Waals surface area (Å²) in [5.41, 5.74) is 1.58. The van der Waals surface area contributed by atoms with E-state index in [4.69, 9.17) is 0 Å². The van der Waals surface area contributed by atoms with E-state index in [1.807, 2.05) is 11.3 Å². The van der Waals surface area contributed by atoms with E-state index in [-0.39, 0.29) is 0 Å². The highest BCUT2D eigenvalue weighted by Crippen LogP contribution is 2.22. The van der Waals surface area contributed by atoms with Crippen LogP contribution in [0.15, 0.2) is 11.4 Å². The molecule has 0 aromatic carbocycles. The number of hydrogen-bond acceptors (Lipinski definition) is 2. The highest BCUT2D eigenvalue weighted by molar-refractivity contribution is 14.1. The van der Waals surface area contributed by atoms with Gasteiger partial charge in [-0.05, 0) is 29.9 Å². The van der Waals surface area contributed by atoms with E-state index >= 15 is 0 Å². The van der Waals surface area contributed by atoms with Crippen molar-refractivity contribution in [3.63, 3.8) is 0 Å². The van der Waals surface area contributed by atoms with E-state index in [2.05, 4.69) is 37.4 Å². The molecule has 0 saturated heterocycles. The van der Waals surface area contributed by atoms with Crippen LogP contribution in [-0.2, 0) is 12.8 Å². The molecule has 2 rings (SSSR count). The normalized spacial score (nSPS) is 19.4.